The molecular weight excluding hydrogens is 244 g/mol. The first-order valence-electron chi connectivity index (χ1n) is 4.77. The van der Waals surface area contributed by atoms with Gasteiger partial charge in [0.15, 0.2) is 0 Å². The normalized spacial score (nSPS) is 10.5. The van der Waals surface area contributed by atoms with Gasteiger partial charge < -0.3 is 0 Å². The van der Waals surface area contributed by atoms with Gasteiger partial charge in [-0.05, 0) is 32.8 Å². The van der Waals surface area contributed by atoms with Crippen LogP contribution in [0, 0.1) is 13.8 Å². The number of nitrogens with zero attached hydrogens (tertiary/aromatic N) is 2. The van der Waals surface area contributed by atoms with E-state index in [0.717, 1.165) is 29.6 Å². The molecule has 0 amide bonds. The van der Waals surface area contributed by atoms with E-state index in [1.165, 1.54) is 4.68 Å². The fourth-order valence-corrected chi connectivity index (χ4v) is 1.75. The van der Waals surface area contributed by atoms with Crippen LogP contribution in [0.15, 0.2) is 6.07 Å². The highest BCUT2D eigenvalue weighted by atomic mass is 79.9. The summed E-state index contributed by atoms with van der Waals surface area (Å²) < 4.78 is 1.50. The summed E-state index contributed by atoms with van der Waals surface area (Å²) in [5, 5.41) is 5.10. The third-order valence-electron chi connectivity index (χ3n) is 2.02. The molecule has 0 aliphatic rings. The lowest BCUT2D eigenvalue weighted by Crippen LogP contribution is -2.13. The van der Waals surface area contributed by atoms with Gasteiger partial charge in [-0.15, -0.1) is 0 Å². The summed E-state index contributed by atoms with van der Waals surface area (Å²) in [6.07, 6.45) is 2.53. The largest absolute Gasteiger partial charge is 0.273 e. The first-order chi connectivity index (χ1) is 6.65. The van der Waals surface area contributed by atoms with Crippen molar-refractivity contribution in [2.45, 2.75) is 33.1 Å². The van der Waals surface area contributed by atoms with E-state index in [9.17, 15) is 4.79 Å². The molecule has 1 rings (SSSR count). The van der Waals surface area contributed by atoms with Gasteiger partial charge in [0, 0.05) is 17.4 Å². The molecule has 1 aromatic heterocycles. The average Bonchev–Trinajstić information content (AvgIpc) is 2.45. The molecule has 0 bridgehead atoms. The summed E-state index contributed by atoms with van der Waals surface area (Å²) in [6, 6.07) is 1.92. The van der Waals surface area contributed by atoms with Crippen molar-refractivity contribution in [2.75, 3.05) is 5.33 Å². The van der Waals surface area contributed by atoms with Gasteiger partial charge >= 0.3 is 0 Å². The van der Waals surface area contributed by atoms with Gasteiger partial charge in [0.25, 0.3) is 0 Å². The van der Waals surface area contributed by atoms with E-state index < -0.39 is 0 Å². The molecule has 78 valence electrons. The van der Waals surface area contributed by atoms with Crippen LogP contribution in [-0.4, -0.2) is 21.0 Å². The van der Waals surface area contributed by atoms with Crippen molar-refractivity contribution < 1.29 is 4.79 Å². The Hall–Kier alpha value is -0.640. The number of alkyl halides is 1. The Labute approximate surface area is 92.6 Å². The number of carbonyl (C=O) groups excluding carboxylic acids is 1. The number of aryl methyl sites for hydroxylation is 2. The Morgan fingerprint density at radius 3 is 2.71 bits per heavy atom. The highest BCUT2D eigenvalue weighted by Crippen LogP contribution is 2.06. The number of halogens is 1. The Morgan fingerprint density at radius 2 is 2.21 bits per heavy atom. The van der Waals surface area contributed by atoms with Crippen LogP contribution in [0.4, 0.5) is 0 Å². The number of aromatic nitrogens is 2. The van der Waals surface area contributed by atoms with Crippen molar-refractivity contribution >= 4 is 21.8 Å². The minimum absolute atomic E-state index is 0.0940. The molecule has 1 heterocycles. The van der Waals surface area contributed by atoms with E-state index in [0.29, 0.717) is 6.42 Å². The molecule has 0 N–H and O–H groups in total. The van der Waals surface area contributed by atoms with Crippen LogP contribution < -0.4 is 0 Å². The van der Waals surface area contributed by atoms with Crippen LogP contribution in [0.1, 0.15) is 35.4 Å². The zero-order chi connectivity index (χ0) is 10.6. The SMILES string of the molecule is Cc1cc(C)n(C(=O)CCCCBr)n1. The van der Waals surface area contributed by atoms with E-state index >= 15 is 0 Å². The zero-order valence-electron chi connectivity index (χ0n) is 8.59. The molecule has 0 spiro atoms. The molecular formula is C10H15BrN2O. The first-order valence-corrected chi connectivity index (χ1v) is 5.89. The summed E-state index contributed by atoms with van der Waals surface area (Å²) in [7, 11) is 0. The van der Waals surface area contributed by atoms with Gasteiger partial charge in [0.2, 0.25) is 5.91 Å². The van der Waals surface area contributed by atoms with Crippen LogP contribution in [0.25, 0.3) is 0 Å². The second-order valence-corrected chi connectivity index (χ2v) is 4.17. The fraction of sp³-hybridized carbons (Fsp3) is 0.600. The Balaban J connectivity index is 2.56. The second kappa shape index (κ2) is 5.29. The van der Waals surface area contributed by atoms with Crippen molar-refractivity contribution in [1.82, 2.24) is 9.78 Å². The minimum atomic E-state index is 0.0940. The summed E-state index contributed by atoms with van der Waals surface area (Å²) >= 11 is 3.34. The number of carbonyl (C=O) groups is 1. The summed E-state index contributed by atoms with van der Waals surface area (Å²) in [4.78, 5) is 11.6. The van der Waals surface area contributed by atoms with Crippen molar-refractivity contribution in [3.63, 3.8) is 0 Å². The maximum atomic E-state index is 11.6. The molecule has 0 saturated carbocycles. The highest BCUT2D eigenvalue weighted by Gasteiger charge is 2.08. The van der Waals surface area contributed by atoms with Crippen LogP contribution in [0.2, 0.25) is 0 Å². The first kappa shape index (κ1) is 11.4. The third kappa shape index (κ3) is 2.94. The summed E-state index contributed by atoms with van der Waals surface area (Å²) in [5.74, 6) is 0.0940. The number of hydrogen-bond donors (Lipinski definition) is 0. The Bertz CT molecular complexity index is 320. The lowest BCUT2D eigenvalue weighted by atomic mass is 10.2. The number of rotatable bonds is 4. The molecule has 4 heteroatoms. The van der Waals surface area contributed by atoms with Crippen LogP contribution in [0.3, 0.4) is 0 Å². The molecule has 1 aromatic rings. The highest BCUT2D eigenvalue weighted by molar-refractivity contribution is 9.09. The van der Waals surface area contributed by atoms with E-state index in [4.69, 9.17) is 0 Å². The van der Waals surface area contributed by atoms with Crippen LogP contribution in [-0.2, 0) is 0 Å². The smallest absolute Gasteiger partial charge is 0.247 e. The van der Waals surface area contributed by atoms with E-state index in [1.807, 2.05) is 19.9 Å². The predicted molar refractivity (Wildman–Crippen MR) is 60.0 cm³/mol. The monoisotopic (exact) mass is 258 g/mol. The lowest BCUT2D eigenvalue weighted by Gasteiger charge is -2.01. The topological polar surface area (TPSA) is 34.9 Å². The van der Waals surface area contributed by atoms with Gasteiger partial charge in [0.1, 0.15) is 0 Å². The zero-order valence-corrected chi connectivity index (χ0v) is 10.2. The third-order valence-corrected chi connectivity index (χ3v) is 2.58. The van der Waals surface area contributed by atoms with Crippen molar-refractivity contribution in [3.8, 4) is 0 Å². The molecule has 0 unspecified atom stereocenters. The number of unbranched alkanes of at least 4 members (excludes halogenated alkanes) is 1. The van der Waals surface area contributed by atoms with Gasteiger partial charge in [-0.2, -0.15) is 5.10 Å². The van der Waals surface area contributed by atoms with E-state index in [2.05, 4.69) is 21.0 Å². The molecule has 14 heavy (non-hydrogen) atoms. The molecule has 0 saturated heterocycles. The van der Waals surface area contributed by atoms with Crippen LogP contribution in [0.5, 0.6) is 0 Å². The molecule has 0 aliphatic heterocycles. The molecule has 0 aliphatic carbocycles. The summed E-state index contributed by atoms with van der Waals surface area (Å²) in [5.41, 5.74) is 1.82. The molecule has 0 radical (unpaired) electrons. The van der Waals surface area contributed by atoms with E-state index in [1.54, 1.807) is 0 Å². The van der Waals surface area contributed by atoms with Crippen molar-refractivity contribution in [3.05, 3.63) is 17.5 Å². The van der Waals surface area contributed by atoms with Gasteiger partial charge in [-0.3, -0.25) is 4.79 Å². The van der Waals surface area contributed by atoms with Gasteiger partial charge in [-0.25, -0.2) is 4.68 Å². The Morgan fingerprint density at radius 1 is 1.50 bits per heavy atom. The standard InChI is InChI=1S/C10H15BrN2O/c1-8-7-9(2)13(12-8)10(14)5-3-4-6-11/h7H,3-6H2,1-2H3. The average molecular weight is 259 g/mol. The van der Waals surface area contributed by atoms with Crippen molar-refractivity contribution in [2.24, 2.45) is 0 Å². The molecule has 0 fully saturated rings. The molecule has 0 aromatic carbocycles. The quantitative estimate of drug-likeness (QED) is 0.615. The predicted octanol–water partition coefficient (Wildman–Crippen LogP) is 2.71. The van der Waals surface area contributed by atoms with Crippen LogP contribution >= 0.6 is 15.9 Å². The fourth-order valence-electron chi connectivity index (χ4n) is 1.36. The van der Waals surface area contributed by atoms with E-state index in [-0.39, 0.29) is 5.91 Å². The second-order valence-electron chi connectivity index (χ2n) is 3.38. The molecule has 3 nitrogen and oxygen atoms in total. The number of hydrogen-bond acceptors (Lipinski definition) is 2. The lowest BCUT2D eigenvalue weighted by molar-refractivity contribution is 0.0881. The van der Waals surface area contributed by atoms with Gasteiger partial charge in [0.05, 0.1) is 5.69 Å². The summed E-state index contributed by atoms with van der Waals surface area (Å²) in [6.45, 7) is 3.80. The maximum absolute atomic E-state index is 11.6. The Kier molecular flexibility index (Phi) is 4.32. The maximum Gasteiger partial charge on any atom is 0.247 e. The molecule has 0 atom stereocenters. The minimum Gasteiger partial charge on any atom is -0.273 e. The van der Waals surface area contributed by atoms with Crippen molar-refractivity contribution in [1.29, 1.82) is 0 Å². The van der Waals surface area contributed by atoms with Gasteiger partial charge in [-0.1, -0.05) is 15.9 Å².